The molecule has 0 fully saturated rings. The van der Waals surface area contributed by atoms with Crippen molar-refractivity contribution in [3.63, 3.8) is 0 Å². The number of carbonyl (C=O) groups is 1. The number of halogens is 2. The number of ether oxygens (including phenoxy) is 1. The van der Waals surface area contributed by atoms with E-state index in [-0.39, 0.29) is 11.7 Å². The van der Waals surface area contributed by atoms with Gasteiger partial charge in [0, 0.05) is 6.92 Å². The van der Waals surface area contributed by atoms with Gasteiger partial charge in [0.05, 0.1) is 15.6 Å². The Morgan fingerprint density at radius 3 is 2.44 bits per heavy atom. The van der Waals surface area contributed by atoms with Gasteiger partial charge in [0.1, 0.15) is 5.75 Å². The van der Waals surface area contributed by atoms with E-state index in [1.54, 1.807) is 0 Å². The highest BCUT2D eigenvalue weighted by Crippen LogP contribution is 2.33. The van der Waals surface area contributed by atoms with Crippen LogP contribution < -0.4 is 0 Å². The molecule has 0 amide bonds. The SMILES string of the molecule is CC(=O)OCCCc1cc(Br)c(O)c(Br)c1. The molecule has 0 saturated heterocycles. The van der Waals surface area contributed by atoms with E-state index < -0.39 is 0 Å². The van der Waals surface area contributed by atoms with Crippen molar-refractivity contribution in [3.8, 4) is 5.75 Å². The molecule has 0 bridgehead atoms. The van der Waals surface area contributed by atoms with Crippen LogP contribution in [-0.4, -0.2) is 17.7 Å². The quantitative estimate of drug-likeness (QED) is 0.667. The fraction of sp³-hybridized carbons (Fsp3) is 0.364. The van der Waals surface area contributed by atoms with Crippen LogP contribution in [0.3, 0.4) is 0 Å². The molecular weight excluding hydrogens is 340 g/mol. The van der Waals surface area contributed by atoms with Gasteiger partial charge in [-0.05, 0) is 62.4 Å². The fourth-order valence-electron chi connectivity index (χ4n) is 1.25. The molecule has 5 heteroatoms. The van der Waals surface area contributed by atoms with E-state index in [0.29, 0.717) is 15.6 Å². The fourth-order valence-corrected chi connectivity index (χ4v) is 2.54. The molecule has 0 aliphatic rings. The zero-order valence-electron chi connectivity index (χ0n) is 8.80. The number of phenols is 1. The lowest BCUT2D eigenvalue weighted by molar-refractivity contribution is -0.141. The Labute approximate surface area is 111 Å². The number of rotatable bonds is 4. The van der Waals surface area contributed by atoms with E-state index >= 15 is 0 Å². The molecule has 3 nitrogen and oxygen atoms in total. The summed E-state index contributed by atoms with van der Waals surface area (Å²) in [5.74, 6) is -0.0585. The number of carbonyl (C=O) groups excluding carboxylic acids is 1. The number of benzene rings is 1. The molecule has 1 rings (SSSR count). The molecule has 16 heavy (non-hydrogen) atoms. The molecule has 0 heterocycles. The first kappa shape index (κ1) is 13.5. The lowest BCUT2D eigenvalue weighted by Gasteiger charge is -2.06. The number of esters is 1. The molecule has 0 saturated carbocycles. The van der Waals surface area contributed by atoms with Crippen molar-refractivity contribution in [2.24, 2.45) is 0 Å². The topological polar surface area (TPSA) is 46.5 Å². The largest absolute Gasteiger partial charge is 0.506 e. The van der Waals surface area contributed by atoms with Gasteiger partial charge < -0.3 is 9.84 Å². The Balaban J connectivity index is 2.52. The van der Waals surface area contributed by atoms with Crippen LogP contribution in [0.2, 0.25) is 0 Å². The molecular formula is C11H12Br2O3. The highest BCUT2D eigenvalue weighted by Gasteiger charge is 2.05. The van der Waals surface area contributed by atoms with E-state index in [4.69, 9.17) is 4.74 Å². The molecule has 1 aromatic rings. The van der Waals surface area contributed by atoms with Gasteiger partial charge in [-0.2, -0.15) is 0 Å². The summed E-state index contributed by atoms with van der Waals surface area (Å²) in [5.41, 5.74) is 1.07. The Bertz CT molecular complexity index is 368. The number of aromatic hydroxyl groups is 1. The zero-order chi connectivity index (χ0) is 12.1. The van der Waals surface area contributed by atoms with E-state index in [2.05, 4.69) is 31.9 Å². The molecule has 0 aromatic heterocycles. The third-order valence-electron chi connectivity index (χ3n) is 1.99. The van der Waals surface area contributed by atoms with Gasteiger partial charge >= 0.3 is 5.97 Å². The van der Waals surface area contributed by atoms with E-state index in [1.807, 2.05) is 12.1 Å². The predicted octanol–water partition coefficient (Wildman–Crippen LogP) is 3.41. The molecule has 0 unspecified atom stereocenters. The van der Waals surface area contributed by atoms with Gasteiger partial charge in [-0.3, -0.25) is 4.79 Å². The average molecular weight is 352 g/mol. The van der Waals surface area contributed by atoms with Crippen LogP contribution in [0.4, 0.5) is 0 Å². The Kier molecular flexibility index (Phi) is 5.28. The van der Waals surface area contributed by atoms with Crippen LogP contribution in [-0.2, 0) is 16.0 Å². The van der Waals surface area contributed by atoms with E-state index in [0.717, 1.165) is 18.4 Å². The van der Waals surface area contributed by atoms with Gasteiger partial charge in [0.25, 0.3) is 0 Å². The van der Waals surface area contributed by atoms with Crippen molar-refractivity contribution in [1.82, 2.24) is 0 Å². The van der Waals surface area contributed by atoms with Crippen molar-refractivity contribution in [2.75, 3.05) is 6.61 Å². The Hall–Kier alpha value is -0.550. The smallest absolute Gasteiger partial charge is 0.302 e. The third-order valence-corrected chi connectivity index (χ3v) is 3.20. The molecule has 1 N–H and O–H groups in total. The summed E-state index contributed by atoms with van der Waals surface area (Å²) in [7, 11) is 0. The van der Waals surface area contributed by atoms with Crippen LogP contribution >= 0.6 is 31.9 Å². The second-order valence-corrected chi connectivity index (χ2v) is 5.06. The lowest BCUT2D eigenvalue weighted by Crippen LogP contribution is -2.01. The van der Waals surface area contributed by atoms with Gasteiger partial charge in [-0.25, -0.2) is 0 Å². The van der Waals surface area contributed by atoms with Crippen LogP contribution in [0, 0.1) is 0 Å². The summed E-state index contributed by atoms with van der Waals surface area (Å²) in [5, 5.41) is 9.51. The van der Waals surface area contributed by atoms with Crippen LogP contribution in [0.5, 0.6) is 5.75 Å². The van der Waals surface area contributed by atoms with Crippen molar-refractivity contribution < 1.29 is 14.6 Å². The summed E-state index contributed by atoms with van der Waals surface area (Å²) in [4.78, 5) is 10.5. The molecule has 88 valence electrons. The summed E-state index contributed by atoms with van der Waals surface area (Å²) >= 11 is 6.53. The first-order chi connectivity index (χ1) is 7.50. The molecule has 1 aromatic carbocycles. The minimum Gasteiger partial charge on any atom is -0.506 e. The highest BCUT2D eigenvalue weighted by atomic mass is 79.9. The average Bonchev–Trinajstić information content (AvgIpc) is 2.20. The first-order valence-corrected chi connectivity index (χ1v) is 6.39. The van der Waals surface area contributed by atoms with E-state index in [9.17, 15) is 9.90 Å². The van der Waals surface area contributed by atoms with Crippen LogP contribution in [0.25, 0.3) is 0 Å². The standard InChI is InChI=1S/C11H12Br2O3/c1-7(14)16-4-2-3-8-5-9(12)11(15)10(13)6-8/h5-6,15H,2-4H2,1H3. The molecule has 0 aliphatic heterocycles. The number of hydrogen-bond donors (Lipinski definition) is 1. The number of hydrogen-bond acceptors (Lipinski definition) is 3. The van der Waals surface area contributed by atoms with Crippen molar-refractivity contribution in [3.05, 3.63) is 26.6 Å². The van der Waals surface area contributed by atoms with Crippen LogP contribution in [0.15, 0.2) is 21.1 Å². The molecule has 0 spiro atoms. The van der Waals surface area contributed by atoms with Gasteiger partial charge in [-0.15, -0.1) is 0 Å². The normalized spacial score (nSPS) is 10.2. The number of phenolic OH excluding ortho intramolecular Hbond substituents is 1. The maximum atomic E-state index is 10.5. The summed E-state index contributed by atoms with van der Waals surface area (Å²) in [6.07, 6.45) is 1.56. The minimum atomic E-state index is -0.256. The lowest BCUT2D eigenvalue weighted by atomic mass is 10.1. The highest BCUT2D eigenvalue weighted by molar-refractivity contribution is 9.11. The summed E-state index contributed by atoms with van der Waals surface area (Å²) < 4.78 is 6.15. The summed E-state index contributed by atoms with van der Waals surface area (Å²) in [6, 6.07) is 3.71. The van der Waals surface area contributed by atoms with Crippen molar-refractivity contribution in [1.29, 1.82) is 0 Å². The van der Waals surface area contributed by atoms with Crippen molar-refractivity contribution in [2.45, 2.75) is 19.8 Å². The van der Waals surface area contributed by atoms with Crippen LogP contribution in [0.1, 0.15) is 18.9 Å². The van der Waals surface area contributed by atoms with E-state index in [1.165, 1.54) is 6.92 Å². The molecule has 0 aliphatic carbocycles. The third kappa shape index (κ3) is 4.14. The minimum absolute atomic E-state index is 0.198. The second kappa shape index (κ2) is 6.25. The van der Waals surface area contributed by atoms with Gasteiger partial charge in [0.2, 0.25) is 0 Å². The molecule has 0 radical (unpaired) electrons. The first-order valence-electron chi connectivity index (χ1n) is 4.81. The maximum Gasteiger partial charge on any atom is 0.302 e. The monoisotopic (exact) mass is 350 g/mol. The predicted molar refractivity (Wildman–Crippen MR) is 68.5 cm³/mol. The van der Waals surface area contributed by atoms with Gasteiger partial charge in [0.15, 0.2) is 0 Å². The Morgan fingerprint density at radius 1 is 1.38 bits per heavy atom. The molecule has 0 atom stereocenters. The Morgan fingerprint density at radius 2 is 1.94 bits per heavy atom. The zero-order valence-corrected chi connectivity index (χ0v) is 12.0. The second-order valence-electron chi connectivity index (χ2n) is 3.35. The van der Waals surface area contributed by atoms with Crippen molar-refractivity contribution >= 4 is 37.8 Å². The number of aryl methyl sites for hydroxylation is 1. The summed E-state index contributed by atoms with van der Waals surface area (Å²) in [6.45, 7) is 1.82. The maximum absolute atomic E-state index is 10.5. The van der Waals surface area contributed by atoms with Gasteiger partial charge in [-0.1, -0.05) is 0 Å².